The first-order chi connectivity index (χ1) is 7.70. The second-order valence-electron chi connectivity index (χ2n) is 3.19. The number of carbonyl (C=O) groups excluding carboxylic acids is 1. The third-order valence-corrected chi connectivity index (χ3v) is 2.06. The molecule has 0 unspecified atom stereocenters. The van der Waals surface area contributed by atoms with E-state index in [-0.39, 0.29) is 11.7 Å². The van der Waals surface area contributed by atoms with E-state index in [4.69, 9.17) is 16.0 Å². The molecule has 16 heavy (non-hydrogen) atoms. The molecule has 82 valence electrons. The van der Waals surface area contributed by atoms with Crippen molar-refractivity contribution in [3.05, 3.63) is 35.7 Å². The molecule has 0 bridgehead atoms. The predicted molar refractivity (Wildman–Crippen MR) is 56.1 cm³/mol. The summed E-state index contributed by atoms with van der Waals surface area (Å²) in [6.45, 7) is 0.421. The van der Waals surface area contributed by atoms with E-state index < -0.39 is 5.91 Å². The lowest BCUT2D eigenvalue weighted by molar-refractivity contribution is 0.0987. The minimum absolute atomic E-state index is 0.131. The van der Waals surface area contributed by atoms with Crippen LogP contribution in [0.4, 0.5) is 0 Å². The summed E-state index contributed by atoms with van der Waals surface area (Å²) in [5.74, 6) is -0.595. The molecule has 0 aliphatic carbocycles. The van der Waals surface area contributed by atoms with Gasteiger partial charge in [-0.05, 0) is 17.7 Å². The molecule has 1 heterocycles. The van der Waals surface area contributed by atoms with Crippen LogP contribution >= 0.6 is 0 Å². The third kappa shape index (κ3) is 1.91. The Morgan fingerprint density at radius 3 is 2.88 bits per heavy atom. The number of hydrogen-bond donors (Lipinski definition) is 2. The second kappa shape index (κ2) is 4.11. The monoisotopic (exact) mass is 218 g/mol. The summed E-state index contributed by atoms with van der Waals surface area (Å²) < 4.78 is 4.91. The van der Waals surface area contributed by atoms with Gasteiger partial charge in [-0.1, -0.05) is 17.3 Å². The van der Waals surface area contributed by atoms with Crippen molar-refractivity contribution in [3.63, 3.8) is 0 Å². The maximum atomic E-state index is 10.8. The molecule has 0 spiro atoms. The van der Waals surface area contributed by atoms with E-state index in [0.29, 0.717) is 12.1 Å². The largest absolute Gasteiger partial charge is 0.363 e. The van der Waals surface area contributed by atoms with E-state index in [1.165, 1.54) is 0 Å². The Kier molecular flexibility index (Phi) is 2.65. The summed E-state index contributed by atoms with van der Waals surface area (Å²) >= 11 is 0. The van der Waals surface area contributed by atoms with Gasteiger partial charge >= 0.3 is 0 Å². The van der Waals surface area contributed by atoms with Crippen molar-refractivity contribution in [2.45, 2.75) is 6.54 Å². The van der Waals surface area contributed by atoms with Gasteiger partial charge in [0.2, 0.25) is 0 Å². The Labute approximate surface area is 91.2 Å². The molecular weight excluding hydrogens is 208 g/mol. The lowest BCUT2D eigenvalue weighted by Gasteiger charge is -1.97. The first kappa shape index (κ1) is 10.3. The van der Waals surface area contributed by atoms with Crippen LogP contribution in [0, 0.1) is 0 Å². The Balaban J connectivity index is 2.38. The minimum Gasteiger partial charge on any atom is -0.363 e. The SMILES string of the molecule is NCc1cccc(-c2nc(C(N)=O)no2)c1. The molecule has 1 aromatic heterocycles. The third-order valence-electron chi connectivity index (χ3n) is 2.06. The first-order valence-electron chi connectivity index (χ1n) is 4.63. The molecule has 0 saturated heterocycles. The average molecular weight is 218 g/mol. The number of benzene rings is 1. The van der Waals surface area contributed by atoms with Crippen molar-refractivity contribution in [2.75, 3.05) is 0 Å². The molecule has 2 aromatic rings. The number of carbonyl (C=O) groups is 1. The lowest BCUT2D eigenvalue weighted by atomic mass is 10.1. The summed E-state index contributed by atoms with van der Waals surface area (Å²) in [6, 6.07) is 7.32. The van der Waals surface area contributed by atoms with Gasteiger partial charge in [-0.15, -0.1) is 0 Å². The van der Waals surface area contributed by atoms with Gasteiger partial charge in [-0.25, -0.2) is 0 Å². The lowest BCUT2D eigenvalue weighted by Crippen LogP contribution is -2.12. The highest BCUT2D eigenvalue weighted by atomic mass is 16.5. The van der Waals surface area contributed by atoms with Gasteiger partial charge in [0.15, 0.2) is 0 Å². The highest BCUT2D eigenvalue weighted by Gasteiger charge is 2.12. The van der Waals surface area contributed by atoms with E-state index >= 15 is 0 Å². The molecule has 0 fully saturated rings. The zero-order valence-electron chi connectivity index (χ0n) is 8.38. The highest BCUT2D eigenvalue weighted by Crippen LogP contribution is 2.18. The quantitative estimate of drug-likeness (QED) is 0.769. The van der Waals surface area contributed by atoms with Crippen molar-refractivity contribution >= 4 is 5.91 Å². The molecule has 0 saturated carbocycles. The summed E-state index contributed by atoms with van der Waals surface area (Å²) in [4.78, 5) is 14.6. The van der Waals surface area contributed by atoms with Crippen molar-refractivity contribution in [1.82, 2.24) is 10.1 Å². The number of aromatic nitrogens is 2. The van der Waals surface area contributed by atoms with Crippen LogP contribution < -0.4 is 11.5 Å². The zero-order chi connectivity index (χ0) is 11.5. The van der Waals surface area contributed by atoms with Gasteiger partial charge in [-0.2, -0.15) is 4.98 Å². The Bertz CT molecular complexity index is 521. The summed E-state index contributed by atoms with van der Waals surface area (Å²) in [5, 5.41) is 3.46. The normalized spacial score (nSPS) is 10.3. The van der Waals surface area contributed by atoms with Crippen LogP contribution in [0.1, 0.15) is 16.2 Å². The molecule has 0 aliphatic heterocycles. The second-order valence-corrected chi connectivity index (χ2v) is 3.19. The van der Waals surface area contributed by atoms with E-state index in [0.717, 1.165) is 5.56 Å². The number of nitrogens with zero attached hydrogens (tertiary/aromatic N) is 2. The Morgan fingerprint density at radius 1 is 1.44 bits per heavy atom. The van der Waals surface area contributed by atoms with E-state index in [2.05, 4.69) is 10.1 Å². The number of nitrogens with two attached hydrogens (primary N) is 2. The Hall–Kier alpha value is -2.21. The molecule has 2 rings (SSSR count). The van der Waals surface area contributed by atoms with E-state index in [1.54, 1.807) is 6.07 Å². The fourth-order valence-electron chi connectivity index (χ4n) is 1.27. The van der Waals surface area contributed by atoms with Gasteiger partial charge in [0.05, 0.1) is 0 Å². The standard InChI is InChI=1S/C10H10N4O2/c11-5-6-2-1-3-7(4-6)10-13-9(8(12)15)14-16-10/h1-4H,5,11H2,(H2,12,15). The molecule has 0 radical (unpaired) electrons. The zero-order valence-corrected chi connectivity index (χ0v) is 8.38. The molecule has 1 amide bonds. The number of primary amides is 1. The van der Waals surface area contributed by atoms with Crippen LogP contribution in [0.5, 0.6) is 0 Å². The smallest absolute Gasteiger partial charge is 0.290 e. The van der Waals surface area contributed by atoms with Crippen LogP contribution in [0.2, 0.25) is 0 Å². The van der Waals surface area contributed by atoms with E-state index in [1.807, 2.05) is 18.2 Å². The average Bonchev–Trinajstić information content (AvgIpc) is 2.78. The Morgan fingerprint density at radius 2 is 2.25 bits per heavy atom. The van der Waals surface area contributed by atoms with Crippen LogP contribution in [-0.2, 0) is 6.54 Å². The van der Waals surface area contributed by atoms with Gasteiger partial charge in [-0.3, -0.25) is 4.79 Å². The first-order valence-corrected chi connectivity index (χ1v) is 4.63. The summed E-state index contributed by atoms with van der Waals surface area (Å²) in [5.41, 5.74) is 12.2. The van der Waals surface area contributed by atoms with Crippen LogP contribution in [0.15, 0.2) is 28.8 Å². The van der Waals surface area contributed by atoms with Crippen LogP contribution in [0.3, 0.4) is 0 Å². The van der Waals surface area contributed by atoms with Crippen molar-refractivity contribution in [3.8, 4) is 11.5 Å². The highest BCUT2D eigenvalue weighted by molar-refractivity contribution is 5.89. The van der Waals surface area contributed by atoms with Crippen molar-refractivity contribution in [1.29, 1.82) is 0 Å². The molecule has 6 heteroatoms. The molecule has 0 aliphatic rings. The molecule has 1 aromatic carbocycles. The molecular formula is C10H10N4O2. The fourth-order valence-corrected chi connectivity index (χ4v) is 1.27. The number of amides is 1. The van der Waals surface area contributed by atoms with Gasteiger partial charge in [0, 0.05) is 12.1 Å². The maximum absolute atomic E-state index is 10.8. The van der Waals surface area contributed by atoms with Gasteiger partial charge < -0.3 is 16.0 Å². The van der Waals surface area contributed by atoms with Crippen molar-refractivity contribution < 1.29 is 9.32 Å². The summed E-state index contributed by atoms with van der Waals surface area (Å²) in [7, 11) is 0. The minimum atomic E-state index is -0.718. The van der Waals surface area contributed by atoms with Crippen LogP contribution in [0.25, 0.3) is 11.5 Å². The van der Waals surface area contributed by atoms with Crippen LogP contribution in [-0.4, -0.2) is 16.0 Å². The number of hydrogen-bond acceptors (Lipinski definition) is 5. The molecule has 0 atom stereocenters. The fraction of sp³-hybridized carbons (Fsp3) is 0.100. The van der Waals surface area contributed by atoms with Gasteiger partial charge in [0.1, 0.15) is 0 Å². The van der Waals surface area contributed by atoms with Crippen molar-refractivity contribution in [2.24, 2.45) is 11.5 Å². The maximum Gasteiger partial charge on any atom is 0.290 e. The predicted octanol–water partition coefficient (Wildman–Crippen LogP) is 0.294. The summed E-state index contributed by atoms with van der Waals surface area (Å²) in [6.07, 6.45) is 0. The molecule has 6 nitrogen and oxygen atoms in total. The van der Waals surface area contributed by atoms with Gasteiger partial charge in [0.25, 0.3) is 17.6 Å². The number of rotatable bonds is 3. The topological polar surface area (TPSA) is 108 Å². The van der Waals surface area contributed by atoms with E-state index in [9.17, 15) is 4.79 Å². The molecule has 4 N–H and O–H groups in total.